The van der Waals surface area contributed by atoms with Gasteiger partial charge in [-0.1, -0.05) is 78.3 Å². The fourth-order valence-electron chi connectivity index (χ4n) is 4.02. The number of esters is 1. The van der Waals surface area contributed by atoms with Crippen molar-refractivity contribution in [2.75, 3.05) is 0 Å². The van der Waals surface area contributed by atoms with Crippen LogP contribution < -0.4 is 4.74 Å². The Kier molecular flexibility index (Phi) is 8.58. The molecule has 0 bridgehead atoms. The Morgan fingerprint density at radius 3 is 2.38 bits per heavy atom. The summed E-state index contributed by atoms with van der Waals surface area (Å²) in [5.41, 5.74) is 2.84. The zero-order valence-corrected chi connectivity index (χ0v) is 21.7. The predicted octanol–water partition coefficient (Wildman–Crippen LogP) is 7.30. The van der Waals surface area contributed by atoms with Crippen LogP contribution in [0.5, 0.6) is 11.5 Å². The van der Waals surface area contributed by atoms with Crippen molar-refractivity contribution in [2.24, 2.45) is 0 Å². The first-order chi connectivity index (χ1) is 16.2. The Hall–Kier alpha value is -2.60. The lowest BCUT2D eigenvalue weighted by Crippen LogP contribution is -2.17. The van der Waals surface area contributed by atoms with Gasteiger partial charge in [-0.2, -0.15) is 0 Å². The number of aromatic nitrogens is 3. The second kappa shape index (κ2) is 11.2. The van der Waals surface area contributed by atoms with E-state index in [2.05, 4.69) is 17.1 Å². The highest BCUT2D eigenvalue weighted by molar-refractivity contribution is 6.31. The molecule has 0 unspecified atom stereocenters. The third kappa shape index (κ3) is 6.09. The van der Waals surface area contributed by atoms with E-state index in [4.69, 9.17) is 16.3 Å². The van der Waals surface area contributed by atoms with Crippen molar-refractivity contribution in [3.8, 4) is 17.2 Å². The van der Waals surface area contributed by atoms with Crippen LogP contribution in [0.3, 0.4) is 0 Å². The second-order valence-electron chi connectivity index (χ2n) is 9.83. The SMILES string of the molecule is CCCCCCCCc1cc(C(C)(C)C)c(O)c(-n2nc3ccc(Cl)cc3n2)c1OC(=O)CC. The van der Waals surface area contributed by atoms with E-state index in [0.717, 1.165) is 30.4 Å². The molecule has 0 saturated carbocycles. The van der Waals surface area contributed by atoms with Crippen molar-refractivity contribution < 1.29 is 14.6 Å². The minimum absolute atomic E-state index is 0.0181. The lowest BCUT2D eigenvalue weighted by Gasteiger charge is -2.25. The van der Waals surface area contributed by atoms with E-state index in [1.807, 2.05) is 26.8 Å². The summed E-state index contributed by atoms with van der Waals surface area (Å²) < 4.78 is 5.82. The number of benzene rings is 2. The Morgan fingerprint density at radius 1 is 1.03 bits per heavy atom. The molecule has 0 aliphatic carbocycles. The number of unbranched alkanes of at least 4 members (excludes halogenated alkanes) is 5. The van der Waals surface area contributed by atoms with Gasteiger partial charge in [0.25, 0.3) is 0 Å². The van der Waals surface area contributed by atoms with E-state index in [-0.39, 0.29) is 23.6 Å². The van der Waals surface area contributed by atoms with Gasteiger partial charge in [0, 0.05) is 17.0 Å². The quantitative estimate of drug-likeness (QED) is 0.185. The molecule has 0 atom stereocenters. The number of hydrogen-bond donors (Lipinski definition) is 1. The van der Waals surface area contributed by atoms with E-state index in [0.29, 0.717) is 27.5 Å². The Bertz CT molecular complexity index is 1150. The van der Waals surface area contributed by atoms with Crippen LogP contribution in [0.15, 0.2) is 24.3 Å². The van der Waals surface area contributed by atoms with Crippen LogP contribution in [0.1, 0.15) is 90.7 Å². The van der Waals surface area contributed by atoms with Crippen LogP contribution in [-0.4, -0.2) is 26.1 Å². The van der Waals surface area contributed by atoms with Crippen molar-refractivity contribution in [1.82, 2.24) is 15.0 Å². The number of aromatic hydroxyl groups is 1. The number of hydrogen-bond acceptors (Lipinski definition) is 5. The standard InChI is InChI=1S/C27H36ClN3O3/c1-6-8-9-10-11-12-13-18-16-20(27(3,4)5)25(33)24(26(18)34-23(32)7-2)31-29-21-15-14-19(28)17-22(21)30-31/h14-17,33H,6-13H2,1-5H3. The van der Waals surface area contributed by atoms with E-state index < -0.39 is 0 Å². The van der Waals surface area contributed by atoms with E-state index >= 15 is 0 Å². The molecule has 0 radical (unpaired) electrons. The maximum atomic E-state index is 12.4. The van der Waals surface area contributed by atoms with Crippen molar-refractivity contribution in [1.29, 1.82) is 0 Å². The molecular formula is C27H36ClN3O3. The van der Waals surface area contributed by atoms with Gasteiger partial charge in [-0.25, -0.2) is 0 Å². The molecule has 0 saturated heterocycles. The van der Waals surface area contributed by atoms with Crippen molar-refractivity contribution in [2.45, 2.75) is 91.4 Å². The molecule has 1 aromatic heterocycles. The average Bonchev–Trinajstić information content (AvgIpc) is 3.18. The zero-order valence-electron chi connectivity index (χ0n) is 20.9. The highest BCUT2D eigenvalue weighted by Crippen LogP contribution is 2.43. The highest BCUT2D eigenvalue weighted by atomic mass is 35.5. The number of halogens is 1. The molecule has 3 rings (SSSR count). The molecule has 1 heterocycles. The Balaban J connectivity index is 2.13. The van der Waals surface area contributed by atoms with Gasteiger partial charge in [-0.05, 0) is 48.1 Å². The molecular weight excluding hydrogens is 450 g/mol. The lowest BCUT2D eigenvalue weighted by molar-refractivity contribution is -0.134. The number of ether oxygens (including phenoxy) is 1. The summed E-state index contributed by atoms with van der Waals surface area (Å²) >= 11 is 6.14. The summed E-state index contributed by atoms with van der Waals surface area (Å²) in [5, 5.41) is 21.1. The Labute approximate surface area is 207 Å². The number of carbonyl (C=O) groups is 1. The first-order valence-corrected chi connectivity index (χ1v) is 12.7. The summed E-state index contributed by atoms with van der Waals surface area (Å²) in [7, 11) is 0. The van der Waals surface area contributed by atoms with Gasteiger partial charge < -0.3 is 9.84 Å². The Morgan fingerprint density at radius 2 is 1.71 bits per heavy atom. The first-order valence-electron chi connectivity index (χ1n) is 12.3. The van der Waals surface area contributed by atoms with Crippen LogP contribution in [0.4, 0.5) is 0 Å². The normalized spacial score (nSPS) is 11.8. The average molecular weight is 486 g/mol. The highest BCUT2D eigenvalue weighted by Gasteiger charge is 2.29. The van der Waals surface area contributed by atoms with Crippen LogP contribution in [0.2, 0.25) is 5.02 Å². The minimum Gasteiger partial charge on any atom is -0.505 e. The van der Waals surface area contributed by atoms with Gasteiger partial charge in [0.05, 0.1) is 0 Å². The summed E-state index contributed by atoms with van der Waals surface area (Å²) in [4.78, 5) is 13.8. The van der Waals surface area contributed by atoms with Crippen LogP contribution in [0.25, 0.3) is 16.7 Å². The molecule has 0 fully saturated rings. The van der Waals surface area contributed by atoms with Crippen LogP contribution >= 0.6 is 11.6 Å². The van der Waals surface area contributed by atoms with Gasteiger partial charge in [0.15, 0.2) is 17.2 Å². The zero-order chi connectivity index (χ0) is 24.9. The first kappa shape index (κ1) is 26.0. The predicted molar refractivity (Wildman–Crippen MR) is 137 cm³/mol. The molecule has 7 heteroatoms. The maximum Gasteiger partial charge on any atom is 0.310 e. The molecule has 0 aliphatic rings. The fourth-order valence-corrected chi connectivity index (χ4v) is 4.19. The third-order valence-electron chi connectivity index (χ3n) is 5.96. The molecule has 0 spiro atoms. The largest absolute Gasteiger partial charge is 0.505 e. The monoisotopic (exact) mass is 485 g/mol. The smallest absolute Gasteiger partial charge is 0.310 e. The number of phenols is 1. The van der Waals surface area contributed by atoms with Gasteiger partial charge >= 0.3 is 5.97 Å². The second-order valence-corrected chi connectivity index (χ2v) is 10.3. The summed E-state index contributed by atoms with van der Waals surface area (Å²) in [6.07, 6.45) is 7.91. The van der Waals surface area contributed by atoms with Gasteiger partial charge in [-0.3, -0.25) is 4.79 Å². The van der Waals surface area contributed by atoms with Crippen molar-refractivity contribution in [3.05, 3.63) is 40.4 Å². The molecule has 0 aliphatic heterocycles. The summed E-state index contributed by atoms with van der Waals surface area (Å²) in [6, 6.07) is 7.22. The topological polar surface area (TPSA) is 77.2 Å². The van der Waals surface area contributed by atoms with Crippen LogP contribution in [-0.2, 0) is 16.6 Å². The van der Waals surface area contributed by atoms with E-state index in [9.17, 15) is 9.90 Å². The molecule has 6 nitrogen and oxygen atoms in total. The minimum atomic E-state index is -0.367. The molecule has 2 aromatic carbocycles. The van der Waals surface area contributed by atoms with E-state index in [1.165, 1.54) is 30.5 Å². The molecule has 184 valence electrons. The molecule has 0 amide bonds. The number of fused-ring (bicyclic) bond motifs is 1. The van der Waals surface area contributed by atoms with Gasteiger partial charge in [0.1, 0.15) is 11.0 Å². The number of rotatable bonds is 10. The van der Waals surface area contributed by atoms with Gasteiger partial charge in [0.2, 0.25) is 0 Å². The van der Waals surface area contributed by atoms with Crippen LogP contribution in [0, 0.1) is 0 Å². The number of carbonyl (C=O) groups excluding carboxylic acids is 1. The summed E-state index contributed by atoms with van der Waals surface area (Å²) in [5.74, 6) is -0.0186. The van der Waals surface area contributed by atoms with Crippen molar-refractivity contribution >= 4 is 28.6 Å². The number of nitrogens with zero attached hydrogens (tertiary/aromatic N) is 3. The molecule has 1 N–H and O–H groups in total. The lowest BCUT2D eigenvalue weighted by atomic mass is 9.84. The third-order valence-corrected chi connectivity index (χ3v) is 6.19. The van der Waals surface area contributed by atoms with E-state index in [1.54, 1.807) is 25.1 Å². The number of phenolic OH excluding ortho intramolecular Hbond substituents is 1. The summed E-state index contributed by atoms with van der Waals surface area (Å²) in [6.45, 7) is 10.1. The fraction of sp³-hybridized carbons (Fsp3) is 0.519. The maximum absolute atomic E-state index is 12.4. The molecule has 34 heavy (non-hydrogen) atoms. The van der Waals surface area contributed by atoms with Crippen molar-refractivity contribution in [3.63, 3.8) is 0 Å². The number of aryl methyl sites for hydroxylation is 1. The van der Waals surface area contributed by atoms with Gasteiger partial charge in [-0.15, -0.1) is 15.0 Å². The molecule has 3 aromatic rings.